The molecule has 1 N–H and O–H groups in total. The van der Waals surface area contributed by atoms with Gasteiger partial charge in [0.15, 0.2) is 5.69 Å². The Morgan fingerprint density at radius 1 is 1.23 bits per heavy atom. The van der Waals surface area contributed by atoms with E-state index in [9.17, 15) is 4.79 Å². The second kappa shape index (κ2) is 9.21. The predicted octanol–water partition coefficient (Wildman–Crippen LogP) is 4.33. The molecule has 1 aromatic heterocycles. The molecular formula is C24H34N4O2. The quantitative estimate of drug-likeness (QED) is 0.813. The third-order valence-corrected chi connectivity index (χ3v) is 6.44. The largest absolute Gasteiger partial charge is 0.385 e. The van der Waals surface area contributed by atoms with Crippen molar-refractivity contribution < 1.29 is 9.32 Å². The van der Waals surface area contributed by atoms with E-state index in [0.29, 0.717) is 30.4 Å². The van der Waals surface area contributed by atoms with Gasteiger partial charge >= 0.3 is 0 Å². The average molecular weight is 411 g/mol. The molecule has 0 spiro atoms. The van der Waals surface area contributed by atoms with Crippen LogP contribution in [-0.4, -0.2) is 52.1 Å². The van der Waals surface area contributed by atoms with Crippen LogP contribution in [0.4, 0.5) is 5.69 Å². The Kier molecular flexibility index (Phi) is 6.42. The second-order valence-electron chi connectivity index (χ2n) is 8.91. The summed E-state index contributed by atoms with van der Waals surface area (Å²) in [5.74, 6) is 0.743. The summed E-state index contributed by atoms with van der Waals surface area (Å²) in [4.78, 5) is 18.1. The minimum absolute atomic E-state index is 0.0395. The van der Waals surface area contributed by atoms with Crippen LogP contribution >= 0.6 is 0 Å². The number of hydrogen-bond acceptors (Lipinski definition) is 5. The number of para-hydroxylation sites is 1. The first-order valence-corrected chi connectivity index (χ1v) is 11.4. The van der Waals surface area contributed by atoms with Gasteiger partial charge in [0.1, 0.15) is 5.76 Å². The van der Waals surface area contributed by atoms with E-state index in [1.807, 2.05) is 17.0 Å². The summed E-state index contributed by atoms with van der Waals surface area (Å²) in [5.41, 5.74) is 2.69. The van der Waals surface area contributed by atoms with Crippen LogP contribution in [0.5, 0.6) is 0 Å². The van der Waals surface area contributed by atoms with E-state index in [-0.39, 0.29) is 5.91 Å². The normalized spacial score (nSPS) is 22.5. The molecule has 2 atom stereocenters. The van der Waals surface area contributed by atoms with Crippen molar-refractivity contribution >= 4 is 11.6 Å². The smallest absolute Gasteiger partial charge is 0.276 e. The number of aryl methyl sites for hydroxylation is 1. The summed E-state index contributed by atoms with van der Waals surface area (Å²) >= 11 is 0. The minimum atomic E-state index is -0.0395. The number of aromatic nitrogens is 1. The Morgan fingerprint density at radius 2 is 2.03 bits per heavy atom. The highest BCUT2D eigenvalue weighted by molar-refractivity contribution is 5.92. The summed E-state index contributed by atoms with van der Waals surface area (Å²) in [6.45, 7) is 8.89. The van der Waals surface area contributed by atoms with Gasteiger partial charge in [0.2, 0.25) is 0 Å². The molecule has 2 aromatic rings. The maximum Gasteiger partial charge on any atom is 0.276 e. The first kappa shape index (κ1) is 20.9. The average Bonchev–Trinajstić information content (AvgIpc) is 3.34. The van der Waals surface area contributed by atoms with Gasteiger partial charge in [-0.2, -0.15) is 0 Å². The number of anilines is 1. The van der Waals surface area contributed by atoms with E-state index in [1.54, 1.807) is 0 Å². The molecule has 1 fully saturated rings. The molecule has 0 radical (unpaired) electrons. The number of amides is 1. The maximum atomic E-state index is 13.5. The molecule has 0 unspecified atom stereocenters. The van der Waals surface area contributed by atoms with Crippen LogP contribution in [0, 0.1) is 0 Å². The van der Waals surface area contributed by atoms with Crippen molar-refractivity contribution in [3.8, 4) is 0 Å². The summed E-state index contributed by atoms with van der Waals surface area (Å²) in [6, 6.07) is 11.6. The fraction of sp³-hybridized carbons (Fsp3) is 0.583. The number of hydrogen-bond donors (Lipinski definition) is 1. The predicted molar refractivity (Wildman–Crippen MR) is 119 cm³/mol. The zero-order chi connectivity index (χ0) is 21.1. The van der Waals surface area contributed by atoms with Crippen LogP contribution in [0.15, 0.2) is 34.9 Å². The molecule has 2 aliphatic rings. The summed E-state index contributed by atoms with van der Waals surface area (Å²) in [5, 5.41) is 7.72. The lowest BCUT2D eigenvalue weighted by molar-refractivity contribution is 0.0624. The highest BCUT2D eigenvalue weighted by Crippen LogP contribution is 2.31. The molecule has 2 aliphatic heterocycles. The third kappa shape index (κ3) is 4.38. The fourth-order valence-electron chi connectivity index (χ4n) is 5.13. The van der Waals surface area contributed by atoms with Gasteiger partial charge in [0.05, 0.1) is 0 Å². The molecule has 1 aromatic carbocycles. The molecule has 1 amide bonds. The van der Waals surface area contributed by atoms with Crippen molar-refractivity contribution in [2.24, 2.45) is 0 Å². The second-order valence-corrected chi connectivity index (χ2v) is 8.91. The lowest BCUT2D eigenvalue weighted by Crippen LogP contribution is -2.48. The van der Waals surface area contributed by atoms with Gasteiger partial charge in [-0.3, -0.25) is 9.69 Å². The molecule has 0 saturated carbocycles. The molecule has 6 nitrogen and oxygen atoms in total. The fourth-order valence-corrected chi connectivity index (χ4v) is 5.13. The minimum Gasteiger partial charge on any atom is -0.385 e. The highest BCUT2D eigenvalue weighted by Gasteiger charge is 2.37. The first-order chi connectivity index (χ1) is 14.6. The molecule has 0 aliphatic carbocycles. The van der Waals surface area contributed by atoms with Crippen molar-refractivity contribution in [2.45, 2.75) is 77.5 Å². The molecule has 30 heavy (non-hydrogen) atoms. The number of carbonyl (C=O) groups is 1. The third-order valence-electron chi connectivity index (χ3n) is 6.44. The van der Waals surface area contributed by atoms with Crippen molar-refractivity contribution in [3.05, 3.63) is 47.3 Å². The van der Waals surface area contributed by atoms with Gasteiger partial charge in [0.25, 0.3) is 5.91 Å². The van der Waals surface area contributed by atoms with Crippen LogP contribution in [0.25, 0.3) is 0 Å². The van der Waals surface area contributed by atoms with Gasteiger partial charge in [-0.15, -0.1) is 0 Å². The molecule has 1 saturated heterocycles. The Hall–Kier alpha value is -2.34. The van der Waals surface area contributed by atoms with E-state index in [0.717, 1.165) is 55.8 Å². The molecule has 4 rings (SSSR count). The lowest BCUT2D eigenvalue weighted by Gasteiger charge is -2.36. The van der Waals surface area contributed by atoms with Crippen LogP contribution in [0.3, 0.4) is 0 Å². The number of carbonyl (C=O) groups excluding carboxylic acids is 1. The topological polar surface area (TPSA) is 61.6 Å². The zero-order valence-electron chi connectivity index (χ0n) is 18.4. The number of benzene rings is 1. The van der Waals surface area contributed by atoms with E-state index >= 15 is 0 Å². The Bertz CT molecular complexity index is 862. The Labute approximate surface area is 179 Å². The van der Waals surface area contributed by atoms with Gasteiger partial charge in [-0.25, -0.2) is 0 Å². The van der Waals surface area contributed by atoms with Crippen molar-refractivity contribution in [3.63, 3.8) is 0 Å². The van der Waals surface area contributed by atoms with Gasteiger partial charge in [-0.05, 0) is 51.2 Å². The zero-order valence-corrected chi connectivity index (χ0v) is 18.4. The Morgan fingerprint density at radius 3 is 2.83 bits per heavy atom. The molecular weight excluding hydrogens is 376 g/mol. The van der Waals surface area contributed by atoms with Crippen LogP contribution < -0.4 is 5.32 Å². The lowest BCUT2D eigenvalue weighted by atomic mass is 10.1. The summed E-state index contributed by atoms with van der Waals surface area (Å²) in [7, 11) is 0. The summed E-state index contributed by atoms with van der Waals surface area (Å²) < 4.78 is 5.41. The summed E-state index contributed by atoms with van der Waals surface area (Å²) in [6.07, 6.45) is 5.23. The van der Waals surface area contributed by atoms with Gasteiger partial charge < -0.3 is 14.7 Å². The maximum absolute atomic E-state index is 13.5. The number of rotatable bonds is 4. The monoisotopic (exact) mass is 410 g/mol. The Balaban J connectivity index is 1.65. The number of fused-ring (bicyclic) bond motifs is 3. The van der Waals surface area contributed by atoms with E-state index in [2.05, 4.69) is 54.3 Å². The van der Waals surface area contributed by atoms with Crippen LogP contribution in [0.1, 0.15) is 68.3 Å². The van der Waals surface area contributed by atoms with Crippen LogP contribution in [0.2, 0.25) is 0 Å². The molecule has 6 heteroatoms. The standard InChI is InChI=1S/C24H34N4O2/c1-4-7-21-14-23(26-30-21)24(29)27-15-18-8-5-6-9-22(18)25-13-12-19-10-11-20(16-27)28(19)17(2)3/h5-6,8-9,14,17,19-20,25H,4,7,10-13,15-16H2,1-3H3/t19-,20+/m1/s1. The van der Waals surface area contributed by atoms with Crippen molar-refractivity contribution in [1.82, 2.24) is 15.0 Å². The van der Waals surface area contributed by atoms with E-state index < -0.39 is 0 Å². The first-order valence-electron chi connectivity index (χ1n) is 11.4. The SMILES string of the molecule is CCCc1cc(C(=O)N2Cc3ccccc3NCC[C@H]3CC[C@@H](C2)N3C(C)C)no1. The van der Waals surface area contributed by atoms with Crippen LogP contribution in [-0.2, 0) is 13.0 Å². The number of nitrogens with zero attached hydrogens (tertiary/aromatic N) is 3. The molecule has 162 valence electrons. The van der Waals surface area contributed by atoms with Crippen molar-refractivity contribution in [2.75, 3.05) is 18.4 Å². The number of nitrogens with one attached hydrogen (secondary N) is 1. The van der Waals surface area contributed by atoms with Gasteiger partial charge in [-0.1, -0.05) is 30.3 Å². The van der Waals surface area contributed by atoms with E-state index in [1.165, 1.54) is 6.42 Å². The molecule has 2 bridgehead atoms. The van der Waals surface area contributed by atoms with Gasteiger partial charge in [0, 0.05) is 55.9 Å². The highest BCUT2D eigenvalue weighted by atomic mass is 16.5. The molecule has 3 heterocycles. The van der Waals surface area contributed by atoms with E-state index in [4.69, 9.17) is 4.52 Å². The van der Waals surface area contributed by atoms with Crippen molar-refractivity contribution in [1.29, 1.82) is 0 Å².